The van der Waals surface area contributed by atoms with E-state index in [1.165, 1.54) is 11.9 Å². The number of hydrogen-bond donors (Lipinski definition) is 0. The average molecular weight is 249 g/mol. The Hall–Kier alpha value is -0.870. The molecule has 1 unspecified atom stereocenters. The van der Waals surface area contributed by atoms with Crippen molar-refractivity contribution in [1.29, 1.82) is 0 Å². The van der Waals surface area contributed by atoms with Crippen LogP contribution in [-0.2, 0) is 4.74 Å². The normalized spacial score (nSPS) is 20.8. The van der Waals surface area contributed by atoms with Crippen LogP contribution >= 0.6 is 0 Å². The zero-order chi connectivity index (χ0) is 12.9. The summed E-state index contributed by atoms with van der Waals surface area (Å²) in [7, 11) is 1.47. The van der Waals surface area contributed by atoms with Gasteiger partial charge < -0.3 is 9.64 Å². The molecule has 1 fully saturated rings. The molecule has 0 saturated carbocycles. The van der Waals surface area contributed by atoms with E-state index in [0.717, 1.165) is 25.7 Å². The first-order valence-corrected chi connectivity index (χ1v) is 6.27. The number of likely N-dealkylation sites (N-methyl/N-ethyl adjacent to an activating group) is 1. The molecule has 5 heteroatoms. The van der Waals surface area contributed by atoms with Crippen molar-refractivity contribution in [2.24, 2.45) is 0 Å². The minimum atomic E-state index is -2.90. The summed E-state index contributed by atoms with van der Waals surface area (Å²) in [6.45, 7) is 2.07. The number of ether oxygens (including phenoxy) is 1. The molecule has 1 rings (SSSR count). The zero-order valence-corrected chi connectivity index (χ0v) is 10.5. The van der Waals surface area contributed by atoms with Crippen LogP contribution in [0.15, 0.2) is 0 Å². The molecule has 0 bridgehead atoms. The van der Waals surface area contributed by atoms with Gasteiger partial charge in [-0.1, -0.05) is 32.6 Å². The van der Waals surface area contributed by atoms with Crippen LogP contribution in [0.25, 0.3) is 0 Å². The lowest BCUT2D eigenvalue weighted by atomic mass is 10.0. The van der Waals surface area contributed by atoms with E-state index < -0.39 is 18.1 Å². The van der Waals surface area contributed by atoms with Gasteiger partial charge in [0.25, 0.3) is 5.92 Å². The Morgan fingerprint density at radius 3 is 2.53 bits per heavy atom. The first-order valence-electron chi connectivity index (χ1n) is 6.27. The smallest absolute Gasteiger partial charge is 0.410 e. The first kappa shape index (κ1) is 14.2. The predicted molar refractivity (Wildman–Crippen MR) is 61.2 cm³/mol. The molecule has 0 radical (unpaired) electrons. The van der Waals surface area contributed by atoms with Crippen LogP contribution in [-0.4, -0.2) is 36.6 Å². The van der Waals surface area contributed by atoms with Gasteiger partial charge in [0.15, 0.2) is 6.10 Å². The third kappa shape index (κ3) is 4.13. The van der Waals surface area contributed by atoms with Gasteiger partial charge in [-0.2, -0.15) is 0 Å². The third-order valence-electron chi connectivity index (χ3n) is 3.08. The first-order chi connectivity index (χ1) is 7.97. The Balaban J connectivity index is 2.28. The van der Waals surface area contributed by atoms with Crippen LogP contribution < -0.4 is 0 Å². The van der Waals surface area contributed by atoms with Gasteiger partial charge in [-0.05, 0) is 6.42 Å². The number of carbonyl (C=O) groups is 1. The van der Waals surface area contributed by atoms with Crippen LogP contribution in [0, 0.1) is 0 Å². The molecular weight excluding hydrogens is 228 g/mol. The van der Waals surface area contributed by atoms with E-state index in [0.29, 0.717) is 6.42 Å². The molecule has 1 aliphatic rings. The molecule has 0 aliphatic carbocycles. The molecule has 0 aromatic heterocycles. The summed E-state index contributed by atoms with van der Waals surface area (Å²) in [6.07, 6.45) is 2.38. The quantitative estimate of drug-likeness (QED) is 0.647. The predicted octanol–water partition coefficient (Wildman–Crippen LogP) is 3.43. The van der Waals surface area contributed by atoms with Crippen LogP contribution in [0.3, 0.4) is 0 Å². The van der Waals surface area contributed by atoms with Gasteiger partial charge >= 0.3 is 6.09 Å². The fourth-order valence-corrected chi connectivity index (χ4v) is 1.92. The van der Waals surface area contributed by atoms with Crippen molar-refractivity contribution >= 4 is 6.09 Å². The van der Waals surface area contributed by atoms with Gasteiger partial charge in [-0.25, -0.2) is 13.6 Å². The molecule has 1 saturated heterocycles. The second-order valence-corrected chi connectivity index (χ2v) is 4.68. The number of cyclic esters (lactones) is 1. The lowest BCUT2D eigenvalue weighted by Crippen LogP contribution is -2.36. The van der Waals surface area contributed by atoms with E-state index in [2.05, 4.69) is 11.7 Å². The van der Waals surface area contributed by atoms with E-state index in [1.807, 2.05) is 0 Å². The Morgan fingerprint density at radius 1 is 1.35 bits per heavy atom. The molecule has 17 heavy (non-hydrogen) atoms. The summed E-state index contributed by atoms with van der Waals surface area (Å²) in [6, 6.07) is 0. The number of nitrogens with zero attached hydrogens (tertiary/aromatic N) is 1. The summed E-state index contributed by atoms with van der Waals surface area (Å²) in [5.41, 5.74) is 0. The fourth-order valence-electron chi connectivity index (χ4n) is 1.92. The van der Waals surface area contributed by atoms with E-state index in [4.69, 9.17) is 0 Å². The van der Waals surface area contributed by atoms with Crippen molar-refractivity contribution in [2.45, 2.75) is 57.5 Å². The number of unbranched alkanes of at least 4 members (excludes halogenated alkanes) is 4. The van der Waals surface area contributed by atoms with E-state index in [-0.39, 0.29) is 13.0 Å². The molecule has 1 amide bonds. The second kappa shape index (κ2) is 6.17. The lowest BCUT2D eigenvalue weighted by molar-refractivity contribution is -0.0997. The van der Waals surface area contributed by atoms with Crippen LogP contribution in [0.4, 0.5) is 13.6 Å². The van der Waals surface area contributed by atoms with Crippen molar-refractivity contribution in [1.82, 2.24) is 4.90 Å². The second-order valence-electron chi connectivity index (χ2n) is 4.68. The number of halogens is 2. The number of amides is 1. The van der Waals surface area contributed by atoms with Crippen LogP contribution in [0.2, 0.25) is 0 Å². The Kier molecular flexibility index (Phi) is 5.15. The van der Waals surface area contributed by atoms with E-state index in [1.54, 1.807) is 0 Å². The standard InChI is InChI=1S/C12H21F2NO2/c1-3-4-5-6-7-8-12(13,14)10-9-15(2)11(16)17-10/h10H,3-9H2,1-2H3. The average Bonchev–Trinajstić information content (AvgIpc) is 2.60. The molecule has 0 aromatic carbocycles. The molecule has 100 valence electrons. The molecule has 1 aliphatic heterocycles. The summed E-state index contributed by atoms with van der Waals surface area (Å²) >= 11 is 0. The van der Waals surface area contributed by atoms with Gasteiger partial charge in [0.1, 0.15) is 0 Å². The van der Waals surface area contributed by atoms with E-state index in [9.17, 15) is 13.6 Å². The van der Waals surface area contributed by atoms with Gasteiger partial charge in [-0.3, -0.25) is 0 Å². The lowest BCUT2D eigenvalue weighted by Gasteiger charge is -2.21. The Labute approximate surface area is 101 Å². The SMILES string of the molecule is CCCCCCCC(F)(F)C1CN(C)C(=O)O1. The maximum Gasteiger partial charge on any atom is 0.410 e. The maximum absolute atomic E-state index is 13.7. The molecular formula is C12H21F2NO2. The maximum atomic E-state index is 13.7. The molecule has 0 aromatic rings. The van der Waals surface area contributed by atoms with Crippen LogP contribution in [0.5, 0.6) is 0 Å². The highest BCUT2D eigenvalue weighted by Gasteiger charge is 2.46. The summed E-state index contributed by atoms with van der Waals surface area (Å²) in [4.78, 5) is 12.2. The number of hydrogen-bond acceptors (Lipinski definition) is 2. The van der Waals surface area contributed by atoms with Crippen molar-refractivity contribution in [3.63, 3.8) is 0 Å². The summed E-state index contributed by atoms with van der Waals surface area (Å²) in [5, 5.41) is 0. The highest BCUT2D eigenvalue weighted by atomic mass is 19.3. The molecule has 1 atom stereocenters. The van der Waals surface area contributed by atoms with Crippen molar-refractivity contribution < 1.29 is 18.3 Å². The molecule has 1 heterocycles. The van der Waals surface area contributed by atoms with Gasteiger partial charge in [0, 0.05) is 13.5 Å². The van der Waals surface area contributed by atoms with E-state index >= 15 is 0 Å². The van der Waals surface area contributed by atoms with Gasteiger partial charge in [-0.15, -0.1) is 0 Å². The Bertz CT molecular complexity index is 259. The zero-order valence-electron chi connectivity index (χ0n) is 10.5. The molecule has 0 N–H and O–H groups in total. The van der Waals surface area contributed by atoms with Gasteiger partial charge in [0.2, 0.25) is 0 Å². The Morgan fingerprint density at radius 2 is 2.00 bits per heavy atom. The number of alkyl halides is 2. The monoisotopic (exact) mass is 249 g/mol. The number of rotatable bonds is 7. The minimum Gasteiger partial charge on any atom is -0.438 e. The van der Waals surface area contributed by atoms with Crippen molar-refractivity contribution in [3.05, 3.63) is 0 Å². The summed E-state index contributed by atoms with van der Waals surface area (Å²) in [5.74, 6) is -2.90. The van der Waals surface area contributed by atoms with Crippen LogP contribution in [0.1, 0.15) is 45.4 Å². The summed E-state index contributed by atoms with van der Waals surface area (Å²) < 4.78 is 32.0. The minimum absolute atomic E-state index is 0.0131. The third-order valence-corrected chi connectivity index (χ3v) is 3.08. The highest BCUT2D eigenvalue weighted by molar-refractivity contribution is 5.69. The number of carbonyl (C=O) groups excluding carboxylic acids is 1. The van der Waals surface area contributed by atoms with Crippen molar-refractivity contribution in [3.8, 4) is 0 Å². The molecule has 0 spiro atoms. The topological polar surface area (TPSA) is 29.5 Å². The largest absolute Gasteiger partial charge is 0.438 e. The van der Waals surface area contributed by atoms with Gasteiger partial charge in [0.05, 0.1) is 6.54 Å². The van der Waals surface area contributed by atoms with Crippen molar-refractivity contribution in [2.75, 3.05) is 13.6 Å². The molecule has 3 nitrogen and oxygen atoms in total. The fraction of sp³-hybridized carbons (Fsp3) is 0.917. The highest BCUT2D eigenvalue weighted by Crippen LogP contribution is 2.31.